The molecule has 0 unspecified atom stereocenters. The summed E-state index contributed by atoms with van der Waals surface area (Å²) in [5.41, 5.74) is 12.3. The van der Waals surface area contributed by atoms with Crippen molar-refractivity contribution in [3.05, 3.63) is 107 Å². The van der Waals surface area contributed by atoms with E-state index in [-0.39, 0.29) is 53.9 Å². The summed E-state index contributed by atoms with van der Waals surface area (Å²) in [6, 6.07) is 0. The van der Waals surface area contributed by atoms with E-state index in [1.54, 1.807) is 0 Å². The molecule has 2 aromatic rings. The number of carbonyl (C=O) groups excluding carboxylic acids is 2. The van der Waals surface area contributed by atoms with Crippen LogP contribution in [0.2, 0.25) is 0 Å². The Labute approximate surface area is 323 Å². The number of ether oxygens (including phenoxy) is 2. The van der Waals surface area contributed by atoms with Crippen molar-refractivity contribution in [1.29, 1.82) is 0 Å². The van der Waals surface area contributed by atoms with Gasteiger partial charge in [0.05, 0.1) is 13.2 Å². The molecule has 1 N–H and O–H groups in total. The fourth-order valence-corrected chi connectivity index (χ4v) is 8.13. The van der Waals surface area contributed by atoms with Gasteiger partial charge in [0.25, 0.3) is 0 Å². The number of esters is 2. The number of hydrogen-bond acceptors (Lipinski definition) is 5. The van der Waals surface area contributed by atoms with Crippen molar-refractivity contribution in [2.24, 2.45) is 17.8 Å². The number of allylic oxidation sites excluding steroid dienone is 5. The second kappa shape index (κ2) is 16.1. The quantitative estimate of drug-likeness (QED) is 0.169. The number of fused-ring (bicyclic) bond motifs is 8. The molecule has 2 aromatic heterocycles. The van der Waals surface area contributed by atoms with E-state index in [0.717, 1.165) is 82.0 Å². The SMILES string of the molecule is CCC/C(C)=C\COC(=O)CCC1=C2[N-]/C(=C\C3=C(C)[C@@H](CC)/C(=C/c4[n-]c(c(CC)c4C)/C=c4\[n-]c5c(c4C)[C@@H](O)[C@H](C(=O)OC)C=52)[N-]3)[C@H]1C.[Mg+2]. The monoisotopic (exact) mass is 714 g/mol. The summed E-state index contributed by atoms with van der Waals surface area (Å²) in [6.07, 6.45) is 11.1. The molecule has 0 radical (unpaired) electrons. The van der Waals surface area contributed by atoms with Gasteiger partial charge in [0, 0.05) is 6.42 Å². The predicted molar refractivity (Wildman–Crippen MR) is 205 cm³/mol. The predicted octanol–water partition coefficient (Wildman–Crippen LogP) is 6.49. The fourth-order valence-electron chi connectivity index (χ4n) is 8.13. The Bertz CT molecular complexity index is 2060. The first kappa shape index (κ1) is 39.5. The Hall–Kier alpha value is -3.73. The summed E-state index contributed by atoms with van der Waals surface area (Å²) in [5, 5.41) is 23.4. The molecule has 0 aromatic carbocycles. The molecule has 3 aliphatic heterocycles. The van der Waals surface area contributed by atoms with Crippen LogP contribution < -0.4 is 20.7 Å². The average Bonchev–Trinajstić information content (AvgIpc) is 3.84. The van der Waals surface area contributed by atoms with Crippen molar-refractivity contribution in [2.45, 2.75) is 100 Å². The number of hydrogen-bond donors (Lipinski definition) is 1. The molecule has 272 valence electrons. The number of aliphatic hydroxyl groups is 1. The molecule has 0 fully saturated rings. The summed E-state index contributed by atoms with van der Waals surface area (Å²) in [5.74, 6) is -1.94. The smallest absolute Gasteiger partial charge is 0.661 e. The molecule has 5 heterocycles. The van der Waals surface area contributed by atoms with Crippen molar-refractivity contribution in [2.75, 3.05) is 13.7 Å². The Kier molecular flexibility index (Phi) is 12.2. The number of aromatic nitrogens is 2. The standard InChI is InChI=1S/C42H50N4O5.Mg/c1-10-13-21(4)16-17-51-35(47)15-14-28-24(7)31-18-29-22(5)26(11-2)33(43-29)19-30-23(6)27(12-3)34(44-30)20-32-25(8)36-40(46-32)37(39(28)45-31)38(41(36)48)42(49)50-9;/h16,18-20,24,26,38,41,48H,10-15,17H2,1-9H3;/q-4;+2/b21-16-,31-18-,32-20-,33-19-;/t24-,26+,38+,41+;/m0./s1. The molecule has 8 bridgehead atoms. The second-order valence-corrected chi connectivity index (χ2v) is 14.2. The van der Waals surface area contributed by atoms with E-state index >= 15 is 0 Å². The third-order valence-electron chi connectivity index (χ3n) is 11.1. The van der Waals surface area contributed by atoms with Crippen molar-refractivity contribution in [1.82, 2.24) is 9.97 Å². The molecule has 0 saturated carbocycles. The van der Waals surface area contributed by atoms with E-state index in [2.05, 4.69) is 47.6 Å². The number of rotatable bonds is 10. The summed E-state index contributed by atoms with van der Waals surface area (Å²) in [4.78, 5) is 36.7. The van der Waals surface area contributed by atoms with Crippen LogP contribution in [0, 0.1) is 31.6 Å². The molecule has 6 rings (SSSR count). The fraction of sp³-hybridized carbons (Fsp3) is 0.476. The molecule has 4 aliphatic rings. The van der Waals surface area contributed by atoms with Gasteiger partial charge in [-0.15, -0.1) is 33.5 Å². The molecule has 4 atom stereocenters. The van der Waals surface area contributed by atoms with Gasteiger partial charge in [-0.05, 0) is 76.9 Å². The van der Waals surface area contributed by atoms with Gasteiger partial charge in [0.1, 0.15) is 12.5 Å². The van der Waals surface area contributed by atoms with E-state index < -0.39 is 18.0 Å². The van der Waals surface area contributed by atoms with Crippen molar-refractivity contribution < 1.29 is 24.2 Å². The third kappa shape index (κ3) is 7.01. The van der Waals surface area contributed by atoms with Gasteiger partial charge in [-0.1, -0.05) is 91.3 Å². The summed E-state index contributed by atoms with van der Waals surface area (Å²) in [6.45, 7) is 16.9. The molecule has 0 amide bonds. The molecule has 10 heteroatoms. The Morgan fingerprint density at radius 1 is 0.962 bits per heavy atom. The molecular formula is C42H50MgN4O5-2. The van der Waals surface area contributed by atoms with E-state index in [1.165, 1.54) is 12.7 Å². The molecule has 52 heavy (non-hydrogen) atoms. The van der Waals surface area contributed by atoms with Crippen molar-refractivity contribution in [3.63, 3.8) is 0 Å². The van der Waals surface area contributed by atoms with Gasteiger partial charge in [-0.2, -0.15) is 11.4 Å². The Balaban J connectivity index is 0.00000523. The maximum Gasteiger partial charge on any atom is 2.00 e. The van der Waals surface area contributed by atoms with Gasteiger partial charge < -0.3 is 35.2 Å². The molecule has 0 saturated heterocycles. The zero-order chi connectivity index (χ0) is 36.7. The maximum absolute atomic E-state index is 13.5. The Morgan fingerprint density at radius 3 is 2.38 bits per heavy atom. The van der Waals surface area contributed by atoms with Crippen LogP contribution in [0.1, 0.15) is 113 Å². The van der Waals surface area contributed by atoms with Crippen LogP contribution in [0.5, 0.6) is 0 Å². The third-order valence-corrected chi connectivity index (χ3v) is 11.1. The minimum atomic E-state index is -1.17. The number of carbonyl (C=O) groups is 2. The summed E-state index contributed by atoms with van der Waals surface area (Å²) in [7, 11) is 1.33. The number of nitrogens with zero attached hydrogens (tertiary/aromatic N) is 4. The van der Waals surface area contributed by atoms with Crippen molar-refractivity contribution in [3.8, 4) is 0 Å². The van der Waals surface area contributed by atoms with E-state index in [0.29, 0.717) is 34.0 Å². The summed E-state index contributed by atoms with van der Waals surface area (Å²) >= 11 is 0. The van der Waals surface area contributed by atoms with Crippen LogP contribution in [-0.2, 0) is 25.5 Å². The average molecular weight is 715 g/mol. The molecule has 1 aliphatic carbocycles. The van der Waals surface area contributed by atoms with E-state index in [4.69, 9.17) is 30.1 Å². The number of aliphatic hydroxyl groups excluding tert-OH is 1. The maximum atomic E-state index is 13.5. The van der Waals surface area contributed by atoms with Crippen LogP contribution in [0.4, 0.5) is 0 Å². The van der Waals surface area contributed by atoms with Gasteiger partial charge in [0.2, 0.25) is 0 Å². The first-order chi connectivity index (χ1) is 24.4. The zero-order valence-corrected chi connectivity index (χ0v) is 33.6. The van der Waals surface area contributed by atoms with Crippen molar-refractivity contribution >= 4 is 52.7 Å². The van der Waals surface area contributed by atoms with Gasteiger partial charge in [0.15, 0.2) is 0 Å². The zero-order valence-electron chi connectivity index (χ0n) is 32.1. The number of methoxy groups -OCH3 is 1. The van der Waals surface area contributed by atoms with E-state index in [9.17, 15) is 14.7 Å². The minimum absolute atomic E-state index is 0. The van der Waals surface area contributed by atoms with Gasteiger partial charge in [-0.3, -0.25) is 9.59 Å². The van der Waals surface area contributed by atoms with E-state index in [1.807, 2.05) is 32.1 Å². The van der Waals surface area contributed by atoms with Crippen LogP contribution in [0.15, 0.2) is 51.7 Å². The Morgan fingerprint density at radius 2 is 1.71 bits per heavy atom. The second-order valence-electron chi connectivity index (χ2n) is 14.2. The van der Waals surface area contributed by atoms with Gasteiger partial charge in [-0.25, -0.2) is 0 Å². The normalized spacial score (nSPS) is 24.7. The first-order valence-corrected chi connectivity index (χ1v) is 18.4. The summed E-state index contributed by atoms with van der Waals surface area (Å²) < 4.78 is 10.9. The minimum Gasteiger partial charge on any atom is -0.661 e. The van der Waals surface area contributed by atoms with Crippen LogP contribution in [0.3, 0.4) is 0 Å². The van der Waals surface area contributed by atoms with Crippen LogP contribution in [0.25, 0.3) is 28.4 Å². The molecule has 0 spiro atoms. The molecular weight excluding hydrogens is 665 g/mol. The molecule has 9 nitrogen and oxygen atoms in total. The van der Waals surface area contributed by atoms with Crippen LogP contribution >= 0.6 is 0 Å². The largest absolute Gasteiger partial charge is 2.00 e. The van der Waals surface area contributed by atoms with Crippen LogP contribution in [-0.4, -0.2) is 53.8 Å². The van der Waals surface area contributed by atoms with Gasteiger partial charge >= 0.3 is 35.0 Å². The first-order valence-electron chi connectivity index (χ1n) is 18.4. The topological polar surface area (TPSA) is 129 Å².